The van der Waals surface area contributed by atoms with Gasteiger partial charge in [0.15, 0.2) is 0 Å². The number of likely N-dealkylation sites (tertiary alicyclic amines) is 1. The average Bonchev–Trinajstić information content (AvgIpc) is 2.37. The van der Waals surface area contributed by atoms with Gasteiger partial charge < -0.3 is 10.6 Å². The van der Waals surface area contributed by atoms with Gasteiger partial charge in [-0.15, -0.1) is 0 Å². The molecular weight excluding hydrogens is 286 g/mol. The minimum atomic E-state index is -3.50. The molecule has 1 fully saturated rings. The van der Waals surface area contributed by atoms with Crippen molar-refractivity contribution in [1.82, 2.24) is 9.62 Å². The monoisotopic (exact) mass is 311 g/mol. The molecule has 3 N–H and O–H groups in total. The lowest BCUT2D eigenvalue weighted by atomic mass is 10.00. The summed E-state index contributed by atoms with van der Waals surface area (Å²) in [4.78, 5) is 2.56. The van der Waals surface area contributed by atoms with Gasteiger partial charge in [-0.3, -0.25) is 0 Å². The molecule has 6 heteroatoms. The molecule has 0 aliphatic carbocycles. The van der Waals surface area contributed by atoms with Crippen LogP contribution in [0.1, 0.15) is 26.7 Å². The topological polar surface area (TPSA) is 75.4 Å². The largest absolute Gasteiger partial charge is 0.399 e. The van der Waals surface area contributed by atoms with Crippen molar-refractivity contribution in [3.63, 3.8) is 0 Å². The fourth-order valence-corrected chi connectivity index (χ4v) is 4.18. The molecule has 0 spiro atoms. The van der Waals surface area contributed by atoms with E-state index in [1.807, 2.05) is 6.92 Å². The standard InChI is InChI=1S/C15H25N3O2S/c1-12-5-4-8-18(10-12)11-13(2)17-21(19,20)15-7-3-6-14(16)9-15/h3,6-7,9,12-13,17H,4-5,8,10-11,16H2,1-2H3/t12-,13+/m0/s1. The van der Waals surface area contributed by atoms with Gasteiger partial charge in [0, 0.05) is 24.8 Å². The quantitative estimate of drug-likeness (QED) is 0.811. The number of nitrogens with zero attached hydrogens (tertiary/aromatic N) is 1. The van der Waals surface area contributed by atoms with Crippen molar-refractivity contribution in [1.29, 1.82) is 0 Å². The Bertz CT molecular complexity index is 574. The molecule has 5 nitrogen and oxygen atoms in total. The number of benzene rings is 1. The van der Waals surface area contributed by atoms with E-state index in [0.29, 0.717) is 11.6 Å². The maximum Gasteiger partial charge on any atom is 0.240 e. The summed E-state index contributed by atoms with van der Waals surface area (Å²) in [5, 5.41) is 0. The van der Waals surface area contributed by atoms with Crippen molar-refractivity contribution >= 4 is 15.7 Å². The molecule has 0 bridgehead atoms. The summed E-state index contributed by atoms with van der Waals surface area (Å²) in [6.45, 7) is 6.99. The summed E-state index contributed by atoms with van der Waals surface area (Å²) in [6, 6.07) is 6.26. The summed E-state index contributed by atoms with van der Waals surface area (Å²) in [7, 11) is -3.50. The van der Waals surface area contributed by atoms with E-state index in [2.05, 4.69) is 16.5 Å². The van der Waals surface area contributed by atoms with Crippen molar-refractivity contribution in [3.8, 4) is 0 Å². The van der Waals surface area contributed by atoms with E-state index in [-0.39, 0.29) is 10.9 Å². The molecule has 1 heterocycles. The van der Waals surface area contributed by atoms with Crippen LogP contribution in [0.4, 0.5) is 5.69 Å². The van der Waals surface area contributed by atoms with Gasteiger partial charge in [0.25, 0.3) is 0 Å². The van der Waals surface area contributed by atoms with Gasteiger partial charge in [-0.1, -0.05) is 13.0 Å². The predicted octanol–water partition coefficient (Wildman–Crippen LogP) is 1.67. The molecule has 1 aromatic carbocycles. The van der Waals surface area contributed by atoms with E-state index in [9.17, 15) is 8.42 Å². The van der Waals surface area contributed by atoms with Gasteiger partial charge in [0.05, 0.1) is 4.90 Å². The van der Waals surface area contributed by atoms with Gasteiger partial charge in [0.1, 0.15) is 0 Å². The zero-order valence-electron chi connectivity index (χ0n) is 12.7. The van der Waals surface area contributed by atoms with Crippen molar-refractivity contribution in [2.24, 2.45) is 5.92 Å². The second-order valence-corrected chi connectivity index (χ2v) is 7.82. The lowest BCUT2D eigenvalue weighted by Crippen LogP contribution is -2.45. The third-order valence-corrected chi connectivity index (χ3v) is 5.39. The Morgan fingerprint density at radius 2 is 2.24 bits per heavy atom. The summed E-state index contributed by atoms with van der Waals surface area (Å²) in [5.41, 5.74) is 6.10. The molecule has 0 amide bonds. The highest BCUT2D eigenvalue weighted by Gasteiger charge is 2.22. The molecule has 21 heavy (non-hydrogen) atoms. The molecule has 0 unspecified atom stereocenters. The molecule has 0 radical (unpaired) electrons. The normalized spacial score (nSPS) is 22.1. The van der Waals surface area contributed by atoms with Crippen LogP contribution in [0.2, 0.25) is 0 Å². The van der Waals surface area contributed by atoms with Crippen LogP contribution in [0, 0.1) is 5.92 Å². The van der Waals surface area contributed by atoms with Gasteiger partial charge in [-0.2, -0.15) is 0 Å². The zero-order valence-corrected chi connectivity index (χ0v) is 13.6. The highest BCUT2D eigenvalue weighted by atomic mass is 32.2. The van der Waals surface area contributed by atoms with Crippen molar-refractivity contribution in [2.45, 2.75) is 37.6 Å². The van der Waals surface area contributed by atoms with Crippen molar-refractivity contribution in [3.05, 3.63) is 24.3 Å². The van der Waals surface area contributed by atoms with E-state index in [1.165, 1.54) is 18.9 Å². The Morgan fingerprint density at radius 1 is 1.48 bits per heavy atom. The van der Waals surface area contributed by atoms with Crippen LogP contribution in [-0.2, 0) is 10.0 Å². The maximum absolute atomic E-state index is 12.3. The Labute approximate surface area is 127 Å². The Kier molecular flexibility index (Phi) is 5.24. The number of nitrogens with one attached hydrogen (secondary N) is 1. The molecular formula is C15H25N3O2S. The van der Waals surface area contributed by atoms with Gasteiger partial charge in [0.2, 0.25) is 10.0 Å². The van der Waals surface area contributed by atoms with Gasteiger partial charge in [-0.05, 0) is 50.4 Å². The first-order valence-electron chi connectivity index (χ1n) is 7.47. The highest BCUT2D eigenvalue weighted by Crippen LogP contribution is 2.16. The molecule has 0 aromatic heterocycles. The summed E-state index contributed by atoms with van der Waals surface area (Å²) >= 11 is 0. The second kappa shape index (κ2) is 6.77. The van der Waals surface area contributed by atoms with Crippen LogP contribution in [0.5, 0.6) is 0 Å². The number of rotatable bonds is 5. The maximum atomic E-state index is 12.3. The number of hydrogen-bond donors (Lipinski definition) is 2. The van der Waals surface area contributed by atoms with Gasteiger partial charge >= 0.3 is 0 Å². The van der Waals surface area contributed by atoms with Crippen LogP contribution in [-0.4, -0.2) is 39.0 Å². The number of nitrogen functional groups attached to an aromatic ring is 1. The van der Waals surface area contributed by atoms with Crippen molar-refractivity contribution < 1.29 is 8.42 Å². The molecule has 2 rings (SSSR count). The van der Waals surface area contributed by atoms with E-state index < -0.39 is 10.0 Å². The Morgan fingerprint density at radius 3 is 2.90 bits per heavy atom. The van der Waals surface area contributed by atoms with E-state index in [0.717, 1.165) is 19.6 Å². The predicted molar refractivity (Wildman–Crippen MR) is 85.5 cm³/mol. The second-order valence-electron chi connectivity index (χ2n) is 6.10. The lowest BCUT2D eigenvalue weighted by Gasteiger charge is -2.32. The number of anilines is 1. The summed E-state index contributed by atoms with van der Waals surface area (Å²) in [6.07, 6.45) is 2.45. The van der Waals surface area contributed by atoms with E-state index in [1.54, 1.807) is 18.2 Å². The number of sulfonamides is 1. The summed E-state index contributed by atoms with van der Waals surface area (Å²) in [5.74, 6) is 0.691. The Balaban J connectivity index is 1.96. The number of piperidine rings is 1. The SMILES string of the molecule is C[C@H]1CCCN(C[C@@H](C)NS(=O)(=O)c2cccc(N)c2)C1. The average molecular weight is 311 g/mol. The first-order chi connectivity index (χ1) is 9.87. The minimum absolute atomic E-state index is 0.123. The van der Waals surface area contributed by atoms with Crippen LogP contribution in [0.3, 0.4) is 0 Å². The summed E-state index contributed by atoms with van der Waals surface area (Å²) < 4.78 is 27.4. The first-order valence-corrected chi connectivity index (χ1v) is 8.95. The minimum Gasteiger partial charge on any atom is -0.399 e. The van der Waals surface area contributed by atoms with E-state index >= 15 is 0 Å². The van der Waals surface area contributed by atoms with Gasteiger partial charge in [-0.25, -0.2) is 13.1 Å². The molecule has 1 saturated heterocycles. The van der Waals surface area contributed by atoms with E-state index in [4.69, 9.17) is 5.73 Å². The number of nitrogens with two attached hydrogens (primary N) is 1. The van der Waals surface area contributed by atoms with Crippen molar-refractivity contribution in [2.75, 3.05) is 25.4 Å². The molecule has 2 atom stereocenters. The molecule has 1 aromatic rings. The fourth-order valence-electron chi connectivity index (χ4n) is 2.89. The third kappa shape index (κ3) is 4.69. The molecule has 1 aliphatic rings. The molecule has 1 aliphatic heterocycles. The third-order valence-electron chi connectivity index (χ3n) is 3.80. The number of hydrogen-bond acceptors (Lipinski definition) is 4. The molecule has 118 valence electrons. The van der Waals surface area contributed by atoms with Crippen LogP contribution >= 0.6 is 0 Å². The van der Waals surface area contributed by atoms with Crippen LogP contribution in [0.15, 0.2) is 29.2 Å². The lowest BCUT2D eigenvalue weighted by molar-refractivity contribution is 0.174. The van der Waals surface area contributed by atoms with Crippen LogP contribution < -0.4 is 10.5 Å². The highest BCUT2D eigenvalue weighted by molar-refractivity contribution is 7.89. The Hall–Kier alpha value is -1.11. The first kappa shape index (κ1) is 16.3. The van der Waals surface area contributed by atoms with Crippen LogP contribution in [0.25, 0.3) is 0 Å². The molecule has 0 saturated carbocycles. The zero-order chi connectivity index (χ0) is 15.5. The smallest absolute Gasteiger partial charge is 0.240 e. The fraction of sp³-hybridized carbons (Fsp3) is 0.600.